The first-order valence-electron chi connectivity index (χ1n) is 6.11. The molecule has 2 rings (SSSR count). The molecule has 1 N–H and O–H groups in total. The van der Waals surface area contributed by atoms with Gasteiger partial charge in [0.25, 0.3) is 5.24 Å². The maximum absolute atomic E-state index is 12.0. The molecule has 5 heteroatoms. The number of nitrogens with zero attached hydrogens (tertiary/aromatic N) is 1. The minimum atomic E-state index is -0.857. The van der Waals surface area contributed by atoms with Gasteiger partial charge in [0.05, 0.1) is 16.9 Å². The average molecular weight is 257 g/mol. The topological polar surface area (TPSA) is 57.6 Å². The molecule has 1 heterocycles. The number of rotatable bonds is 2. The third-order valence-corrected chi connectivity index (χ3v) is 4.64. The lowest BCUT2D eigenvalue weighted by atomic mass is 9.84. The van der Waals surface area contributed by atoms with Gasteiger partial charge in [0.2, 0.25) is 5.91 Å². The molecule has 0 unspecified atom stereocenters. The Hall–Kier alpha value is -0.550. The molecule has 17 heavy (non-hydrogen) atoms. The molecule has 4 nitrogen and oxygen atoms in total. The molecule has 0 atom stereocenters. The largest absolute Gasteiger partial charge is 0.388 e. The zero-order chi connectivity index (χ0) is 12.7. The number of aliphatic hydroxyl groups is 1. The summed E-state index contributed by atoms with van der Waals surface area (Å²) in [4.78, 5) is 25.0. The van der Waals surface area contributed by atoms with E-state index in [2.05, 4.69) is 0 Å². The number of carbonyl (C=O) groups excluding carboxylic acids is 2. The molecular weight excluding hydrogens is 238 g/mol. The summed E-state index contributed by atoms with van der Waals surface area (Å²) in [5, 5.41) is 10.2. The van der Waals surface area contributed by atoms with Gasteiger partial charge >= 0.3 is 0 Å². The fraction of sp³-hybridized carbons (Fsp3) is 0.833. The molecule has 0 radical (unpaired) electrons. The molecule has 1 saturated carbocycles. The van der Waals surface area contributed by atoms with Crippen LogP contribution in [0.3, 0.4) is 0 Å². The minimum absolute atomic E-state index is 0.168. The van der Waals surface area contributed by atoms with E-state index >= 15 is 0 Å². The Morgan fingerprint density at radius 1 is 1.24 bits per heavy atom. The summed E-state index contributed by atoms with van der Waals surface area (Å²) < 4.78 is -0.678. The third kappa shape index (κ3) is 2.50. The van der Waals surface area contributed by atoms with Gasteiger partial charge in [0, 0.05) is 0 Å². The molecule has 2 fully saturated rings. The predicted molar refractivity (Wildman–Crippen MR) is 66.8 cm³/mol. The number of β-amino-alcohol motifs (C(OH)–C–C–N with tert-alkyl or cyclic N) is 1. The molecule has 0 aromatic carbocycles. The van der Waals surface area contributed by atoms with E-state index in [9.17, 15) is 14.7 Å². The highest BCUT2D eigenvalue weighted by atomic mass is 32.2. The lowest BCUT2D eigenvalue weighted by Crippen LogP contribution is -2.48. The van der Waals surface area contributed by atoms with Crippen molar-refractivity contribution in [2.75, 3.05) is 6.54 Å². The Kier molecular flexibility index (Phi) is 3.25. The Morgan fingerprint density at radius 2 is 1.82 bits per heavy atom. The Balaban J connectivity index is 2.08. The van der Waals surface area contributed by atoms with Gasteiger partial charge in [-0.25, -0.2) is 0 Å². The van der Waals surface area contributed by atoms with E-state index in [1.54, 1.807) is 13.8 Å². The van der Waals surface area contributed by atoms with Gasteiger partial charge in [0.1, 0.15) is 0 Å². The molecule has 0 aromatic rings. The molecule has 2 aliphatic rings. The molecule has 1 saturated heterocycles. The highest BCUT2D eigenvalue weighted by Crippen LogP contribution is 2.39. The van der Waals surface area contributed by atoms with Crippen molar-refractivity contribution in [1.29, 1.82) is 0 Å². The number of carbonyl (C=O) groups is 2. The van der Waals surface area contributed by atoms with Crippen molar-refractivity contribution in [3.8, 4) is 0 Å². The van der Waals surface area contributed by atoms with Crippen LogP contribution in [0.25, 0.3) is 0 Å². The van der Waals surface area contributed by atoms with Crippen LogP contribution in [0.2, 0.25) is 0 Å². The fourth-order valence-electron chi connectivity index (χ4n) is 2.52. The van der Waals surface area contributed by atoms with Crippen molar-refractivity contribution in [1.82, 2.24) is 4.90 Å². The van der Waals surface area contributed by atoms with Gasteiger partial charge in [-0.2, -0.15) is 0 Å². The number of hydrogen-bond donors (Lipinski definition) is 1. The Bertz CT molecular complexity index is 348. The molecule has 0 bridgehead atoms. The van der Waals surface area contributed by atoms with Gasteiger partial charge in [0.15, 0.2) is 0 Å². The minimum Gasteiger partial charge on any atom is -0.388 e. The second kappa shape index (κ2) is 4.28. The number of hydrogen-bond acceptors (Lipinski definition) is 4. The van der Waals surface area contributed by atoms with Gasteiger partial charge in [-0.3, -0.25) is 14.5 Å². The van der Waals surface area contributed by atoms with E-state index in [0.717, 1.165) is 31.0 Å². The van der Waals surface area contributed by atoms with Crippen LogP contribution in [0.15, 0.2) is 0 Å². The number of imide groups is 1. The zero-order valence-electron chi connectivity index (χ0n) is 10.4. The lowest BCUT2D eigenvalue weighted by molar-refractivity contribution is -0.132. The van der Waals surface area contributed by atoms with E-state index in [1.165, 1.54) is 4.90 Å². The first kappa shape index (κ1) is 12.9. The molecule has 0 aromatic heterocycles. The fourth-order valence-corrected chi connectivity index (χ4v) is 3.42. The maximum Gasteiger partial charge on any atom is 0.289 e. The van der Waals surface area contributed by atoms with Gasteiger partial charge in [-0.05, 0) is 38.5 Å². The normalized spacial score (nSPS) is 27.6. The van der Waals surface area contributed by atoms with E-state index in [1.807, 2.05) is 0 Å². The summed E-state index contributed by atoms with van der Waals surface area (Å²) in [5.74, 6) is -0.175. The van der Waals surface area contributed by atoms with Crippen molar-refractivity contribution in [3.63, 3.8) is 0 Å². The Morgan fingerprint density at radius 3 is 2.29 bits per heavy atom. The molecule has 1 aliphatic heterocycles. The summed E-state index contributed by atoms with van der Waals surface area (Å²) >= 11 is 1.05. The van der Waals surface area contributed by atoms with E-state index < -0.39 is 10.3 Å². The van der Waals surface area contributed by atoms with E-state index in [4.69, 9.17) is 0 Å². The zero-order valence-corrected chi connectivity index (χ0v) is 11.2. The quantitative estimate of drug-likeness (QED) is 0.823. The first-order valence-corrected chi connectivity index (χ1v) is 6.93. The summed E-state index contributed by atoms with van der Waals surface area (Å²) in [6.45, 7) is 3.67. The van der Waals surface area contributed by atoms with Crippen molar-refractivity contribution >= 4 is 22.9 Å². The van der Waals surface area contributed by atoms with Crippen molar-refractivity contribution in [2.24, 2.45) is 0 Å². The maximum atomic E-state index is 12.0. The average Bonchev–Trinajstić information content (AvgIpc) is 2.42. The SMILES string of the molecule is CC1(C)SC(=O)N(CC2(O)CCCCC2)C1=O. The standard InChI is InChI=1S/C12H19NO3S/c1-11(2)9(14)13(10(15)17-11)8-12(16)6-4-3-5-7-12/h16H,3-8H2,1-2H3. The monoisotopic (exact) mass is 257 g/mol. The molecule has 96 valence electrons. The van der Waals surface area contributed by atoms with E-state index in [0.29, 0.717) is 12.8 Å². The van der Waals surface area contributed by atoms with Gasteiger partial charge < -0.3 is 5.11 Å². The predicted octanol–water partition coefficient (Wildman–Crippen LogP) is 2.16. The molecule has 0 spiro atoms. The van der Waals surface area contributed by atoms with Gasteiger partial charge in [-0.15, -0.1) is 0 Å². The van der Waals surface area contributed by atoms with Crippen LogP contribution >= 0.6 is 11.8 Å². The van der Waals surface area contributed by atoms with Crippen LogP contribution in [0.1, 0.15) is 46.0 Å². The number of thioether (sulfide) groups is 1. The van der Waals surface area contributed by atoms with Crippen LogP contribution in [-0.4, -0.2) is 38.0 Å². The summed E-state index contributed by atoms with van der Waals surface area (Å²) in [6.07, 6.45) is 4.46. The summed E-state index contributed by atoms with van der Waals surface area (Å²) in [7, 11) is 0. The van der Waals surface area contributed by atoms with Crippen molar-refractivity contribution in [2.45, 2.75) is 56.3 Å². The highest BCUT2D eigenvalue weighted by molar-refractivity contribution is 8.16. The smallest absolute Gasteiger partial charge is 0.289 e. The van der Waals surface area contributed by atoms with Crippen LogP contribution in [-0.2, 0) is 4.79 Å². The summed E-state index contributed by atoms with van der Waals surface area (Å²) in [5.41, 5.74) is -0.857. The molecule has 2 amide bonds. The summed E-state index contributed by atoms with van der Waals surface area (Å²) in [6, 6.07) is 0. The second-order valence-corrected chi connectivity index (χ2v) is 7.13. The van der Waals surface area contributed by atoms with Crippen LogP contribution in [0.4, 0.5) is 4.79 Å². The molecular formula is C12H19NO3S. The van der Waals surface area contributed by atoms with Crippen LogP contribution < -0.4 is 0 Å². The first-order chi connectivity index (χ1) is 7.84. The Labute approximate surface area is 106 Å². The van der Waals surface area contributed by atoms with Crippen LogP contribution in [0.5, 0.6) is 0 Å². The second-order valence-electron chi connectivity index (χ2n) is 5.55. The highest BCUT2D eigenvalue weighted by Gasteiger charge is 2.48. The number of amides is 2. The lowest BCUT2D eigenvalue weighted by Gasteiger charge is -2.34. The van der Waals surface area contributed by atoms with E-state index in [-0.39, 0.29) is 17.7 Å². The van der Waals surface area contributed by atoms with Gasteiger partial charge in [-0.1, -0.05) is 19.3 Å². The van der Waals surface area contributed by atoms with Crippen molar-refractivity contribution < 1.29 is 14.7 Å². The third-order valence-electron chi connectivity index (χ3n) is 3.56. The molecule has 1 aliphatic carbocycles. The van der Waals surface area contributed by atoms with Crippen LogP contribution in [0, 0.1) is 0 Å². The van der Waals surface area contributed by atoms with Crippen molar-refractivity contribution in [3.05, 3.63) is 0 Å².